The lowest BCUT2D eigenvalue weighted by Gasteiger charge is -2.27. The molecule has 1 aliphatic heterocycles. The first-order chi connectivity index (χ1) is 15.2. The number of para-hydroxylation sites is 1. The van der Waals surface area contributed by atoms with E-state index in [4.69, 9.17) is 14.5 Å². The molecule has 1 aromatic carbocycles. The van der Waals surface area contributed by atoms with Crippen molar-refractivity contribution in [3.05, 3.63) is 55.2 Å². The van der Waals surface area contributed by atoms with Crippen molar-refractivity contribution in [1.29, 1.82) is 0 Å². The molecule has 0 N–H and O–H groups in total. The third-order valence-corrected chi connectivity index (χ3v) is 5.15. The number of morpholine rings is 1. The zero-order valence-electron chi connectivity index (χ0n) is 17.6. The van der Waals surface area contributed by atoms with Crippen molar-refractivity contribution >= 4 is 16.7 Å². The first kappa shape index (κ1) is 19.4. The Balaban J connectivity index is 1.59. The number of hydrogen-bond donors (Lipinski definition) is 0. The van der Waals surface area contributed by atoms with Crippen molar-refractivity contribution < 1.29 is 9.47 Å². The fourth-order valence-electron chi connectivity index (χ4n) is 3.76. The molecular formula is C23H24N6O2. The second-order valence-corrected chi connectivity index (χ2v) is 7.67. The van der Waals surface area contributed by atoms with Crippen LogP contribution in [0.3, 0.4) is 0 Å². The number of rotatable bonds is 5. The van der Waals surface area contributed by atoms with E-state index in [9.17, 15) is 0 Å². The molecule has 0 atom stereocenters. The quantitative estimate of drug-likeness (QED) is 0.493. The Labute approximate surface area is 180 Å². The van der Waals surface area contributed by atoms with Gasteiger partial charge in [0.1, 0.15) is 5.82 Å². The molecule has 5 rings (SSSR count). The van der Waals surface area contributed by atoms with E-state index < -0.39 is 0 Å². The van der Waals surface area contributed by atoms with Crippen LogP contribution in [0.4, 0.5) is 5.82 Å². The molecule has 0 radical (unpaired) electrons. The van der Waals surface area contributed by atoms with Crippen LogP contribution >= 0.6 is 0 Å². The summed E-state index contributed by atoms with van der Waals surface area (Å²) in [6.45, 7) is 6.99. The summed E-state index contributed by atoms with van der Waals surface area (Å²) in [5.74, 6) is 2.06. The Morgan fingerprint density at radius 2 is 1.71 bits per heavy atom. The number of fused-ring (bicyclic) bond motifs is 1. The summed E-state index contributed by atoms with van der Waals surface area (Å²) in [5, 5.41) is 1.08. The normalized spacial score (nSPS) is 14.4. The third kappa shape index (κ3) is 3.94. The highest BCUT2D eigenvalue weighted by molar-refractivity contribution is 5.96. The van der Waals surface area contributed by atoms with Gasteiger partial charge in [0.15, 0.2) is 5.82 Å². The molecule has 0 spiro atoms. The van der Waals surface area contributed by atoms with Crippen LogP contribution in [-0.4, -0.2) is 56.9 Å². The van der Waals surface area contributed by atoms with Crippen LogP contribution in [0.15, 0.2) is 55.2 Å². The Kier molecular flexibility index (Phi) is 5.21. The van der Waals surface area contributed by atoms with Crippen molar-refractivity contribution in [2.24, 2.45) is 0 Å². The topological polar surface area (TPSA) is 78.2 Å². The van der Waals surface area contributed by atoms with Gasteiger partial charge in [0.25, 0.3) is 0 Å². The molecule has 1 fully saturated rings. The van der Waals surface area contributed by atoms with Gasteiger partial charge >= 0.3 is 0 Å². The molecule has 1 saturated heterocycles. The largest absolute Gasteiger partial charge is 0.474 e. The summed E-state index contributed by atoms with van der Waals surface area (Å²) in [7, 11) is 0. The Morgan fingerprint density at radius 1 is 0.935 bits per heavy atom. The molecule has 0 unspecified atom stereocenters. The Bertz CT molecular complexity index is 1200. The zero-order valence-corrected chi connectivity index (χ0v) is 17.6. The van der Waals surface area contributed by atoms with Gasteiger partial charge in [-0.05, 0) is 19.9 Å². The smallest absolute Gasteiger partial charge is 0.234 e. The number of benzene rings is 1. The monoisotopic (exact) mass is 416 g/mol. The standard InChI is InChI=1S/C23H24N6O2/c1-16(2)31-23-14-25-13-22(27-23)29-15-18(17-5-3-4-6-20(17)29)19-11-24-12-21(26-19)28-7-9-30-10-8-28/h3-6,11-16H,7-10H2,1-2H3. The summed E-state index contributed by atoms with van der Waals surface area (Å²) in [4.78, 5) is 20.6. The van der Waals surface area contributed by atoms with Gasteiger partial charge in [0.2, 0.25) is 5.88 Å². The second-order valence-electron chi connectivity index (χ2n) is 7.67. The summed E-state index contributed by atoms with van der Waals surface area (Å²) < 4.78 is 13.2. The average molecular weight is 416 g/mol. The fraction of sp³-hybridized carbons (Fsp3) is 0.304. The molecule has 8 nitrogen and oxygen atoms in total. The van der Waals surface area contributed by atoms with Crippen LogP contribution in [0.25, 0.3) is 28.0 Å². The van der Waals surface area contributed by atoms with Crippen molar-refractivity contribution in [3.63, 3.8) is 0 Å². The first-order valence-corrected chi connectivity index (χ1v) is 10.4. The van der Waals surface area contributed by atoms with Gasteiger partial charge in [-0.25, -0.2) is 4.98 Å². The van der Waals surface area contributed by atoms with Crippen LogP contribution in [0.1, 0.15) is 13.8 Å². The van der Waals surface area contributed by atoms with Crippen LogP contribution in [0, 0.1) is 0 Å². The van der Waals surface area contributed by atoms with E-state index >= 15 is 0 Å². The molecule has 8 heteroatoms. The predicted octanol–water partition coefficient (Wildman–Crippen LogP) is 3.50. The van der Waals surface area contributed by atoms with E-state index in [0.717, 1.165) is 41.1 Å². The minimum absolute atomic E-state index is 0.0275. The molecule has 0 bridgehead atoms. The van der Waals surface area contributed by atoms with Crippen LogP contribution in [-0.2, 0) is 4.74 Å². The SMILES string of the molecule is CC(C)Oc1cncc(-n2cc(-c3cncc(N4CCOCC4)n3)c3ccccc32)n1. The van der Waals surface area contributed by atoms with Gasteiger partial charge < -0.3 is 14.4 Å². The maximum absolute atomic E-state index is 5.74. The second kappa shape index (κ2) is 8.31. The molecule has 0 aliphatic carbocycles. The van der Waals surface area contributed by atoms with Crippen molar-refractivity contribution in [2.75, 3.05) is 31.2 Å². The minimum atomic E-state index is 0.0275. The van der Waals surface area contributed by atoms with Gasteiger partial charge in [-0.1, -0.05) is 18.2 Å². The molecule has 0 saturated carbocycles. The molecule has 4 aromatic rings. The van der Waals surface area contributed by atoms with Crippen LogP contribution in [0.5, 0.6) is 5.88 Å². The van der Waals surface area contributed by atoms with Crippen LogP contribution < -0.4 is 9.64 Å². The fourth-order valence-corrected chi connectivity index (χ4v) is 3.76. The average Bonchev–Trinajstić information content (AvgIpc) is 3.19. The summed E-state index contributed by atoms with van der Waals surface area (Å²) >= 11 is 0. The van der Waals surface area contributed by atoms with Crippen molar-refractivity contribution in [3.8, 4) is 23.0 Å². The number of hydrogen-bond acceptors (Lipinski definition) is 7. The Hall–Kier alpha value is -3.52. The molecule has 1 aliphatic rings. The van der Waals surface area contributed by atoms with Crippen LogP contribution in [0.2, 0.25) is 0 Å². The van der Waals surface area contributed by atoms with E-state index in [0.29, 0.717) is 24.9 Å². The lowest BCUT2D eigenvalue weighted by Crippen LogP contribution is -2.36. The van der Waals surface area contributed by atoms with Gasteiger partial charge in [0.05, 0.1) is 55.3 Å². The van der Waals surface area contributed by atoms with E-state index in [1.165, 1.54) is 0 Å². The predicted molar refractivity (Wildman–Crippen MR) is 119 cm³/mol. The molecule has 4 heterocycles. The number of aromatic nitrogens is 5. The maximum atomic E-state index is 5.74. The summed E-state index contributed by atoms with van der Waals surface area (Å²) in [6.07, 6.45) is 9.06. The highest BCUT2D eigenvalue weighted by Gasteiger charge is 2.17. The lowest BCUT2D eigenvalue weighted by atomic mass is 10.1. The highest BCUT2D eigenvalue weighted by atomic mass is 16.5. The molecule has 3 aromatic heterocycles. The summed E-state index contributed by atoms with van der Waals surface area (Å²) in [5.41, 5.74) is 2.84. The van der Waals surface area contributed by atoms with Gasteiger partial charge in [0, 0.05) is 30.2 Å². The molecule has 0 amide bonds. The van der Waals surface area contributed by atoms with Gasteiger partial charge in [-0.15, -0.1) is 0 Å². The van der Waals surface area contributed by atoms with Crippen molar-refractivity contribution in [2.45, 2.75) is 20.0 Å². The lowest BCUT2D eigenvalue weighted by molar-refractivity contribution is 0.122. The third-order valence-electron chi connectivity index (χ3n) is 5.15. The molecule has 31 heavy (non-hydrogen) atoms. The highest BCUT2D eigenvalue weighted by Crippen LogP contribution is 2.32. The van der Waals surface area contributed by atoms with E-state index in [2.05, 4.69) is 32.0 Å². The van der Waals surface area contributed by atoms with Gasteiger partial charge in [-0.3, -0.25) is 14.5 Å². The number of ether oxygens (including phenoxy) is 2. The minimum Gasteiger partial charge on any atom is -0.474 e. The number of nitrogens with zero attached hydrogens (tertiary/aromatic N) is 6. The maximum Gasteiger partial charge on any atom is 0.234 e. The molecular weight excluding hydrogens is 392 g/mol. The van der Waals surface area contributed by atoms with E-state index in [1.54, 1.807) is 18.6 Å². The Morgan fingerprint density at radius 3 is 2.55 bits per heavy atom. The van der Waals surface area contributed by atoms with E-state index in [-0.39, 0.29) is 6.10 Å². The zero-order chi connectivity index (χ0) is 21.2. The first-order valence-electron chi connectivity index (χ1n) is 10.4. The number of anilines is 1. The van der Waals surface area contributed by atoms with E-state index in [1.807, 2.05) is 42.9 Å². The van der Waals surface area contributed by atoms with Gasteiger partial charge in [-0.2, -0.15) is 4.98 Å². The summed E-state index contributed by atoms with van der Waals surface area (Å²) in [6, 6.07) is 8.20. The van der Waals surface area contributed by atoms with Crippen molar-refractivity contribution in [1.82, 2.24) is 24.5 Å². The molecule has 158 valence electrons.